The second-order valence-electron chi connectivity index (χ2n) is 6.52. The zero-order chi connectivity index (χ0) is 13.0. The molecule has 2 aliphatic carbocycles. The van der Waals surface area contributed by atoms with Crippen LogP contribution in [0.5, 0.6) is 0 Å². The Labute approximate surface area is 114 Å². The highest BCUT2D eigenvalue weighted by Crippen LogP contribution is 2.34. The lowest BCUT2D eigenvalue weighted by atomic mass is 9.84. The van der Waals surface area contributed by atoms with Crippen molar-refractivity contribution in [3.8, 4) is 0 Å². The third-order valence-electron chi connectivity index (χ3n) is 5.16. The van der Waals surface area contributed by atoms with Gasteiger partial charge in [0, 0.05) is 18.6 Å². The Morgan fingerprint density at radius 2 is 1.72 bits per heavy atom. The molecule has 0 spiro atoms. The molecule has 0 bridgehead atoms. The quantitative estimate of drug-likeness (QED) is 0.748. The molecule has 0 aromatic heterocycles. The lowest BCUT2D eigenvalue weighted by molar-refractivity contribution is 0.147. The van der Waals surface area contributed by atoms with E-state index in [4.69, 9.17) is 0 Å². The molecule has 0 aromatic carbocycles. The molecule has 106 valence electrons. The van der Waals surface area contributed by atoms with E-state index < -0.39 is 0 Å². The molecular weight excluding hydrogens is 220 g/mol. The Balaban J connectivity index is 1.74. The van der Waals surface area contributed by atoms with Gasteiger partial charge in [0.25, 0.3) is 0 Å². The van der Waals surface area contributed by atoms with E-state index in [0.717, 1.165) is 30.5 Å². The standard InChI is InChI=1S/C16H32N2/c1-4-13-6-10-15(11-7-13)18(3)12-16(17-5-2)14-8-9-14/h13-17H,4-12H2,1-3H3. The minimum Gasteiger partial charge on any atom is -0.313 e. The minimum absolute atomic E-state index is 0.754. The van der Waals surface area contributed by atoms with Crippen LogP contribution in [-0.4, -0.2) is 37.1 Å². The fourth-order valence-corrected chi connectivity index (χ4v) is 3.59. The number of hydrogen-bond donors (Lipinski definition) is 1. The summed E-state index contributed by atoms with van der Waals surface area (Å²) in [6.07, 6.45) is 10.1. The van der Waals surface area contributed by atoms with Crippen molar-refractivity contribution in [3.05, 3.63) is 0 Å². The van der Waals surface area contributed by atoms with Crippen molar-refractivity contribution in [1.82, 2.24) is 10.2 Å². The Hall–Kier alpha value is -0.0800. The van der Waals surface area contributed by atoms with Crippen LogP contribution >= 0.6 is 0 Å². The zero-order valence-electron chi connectivity index (χ0n) is 12.6. The van der Waals surface area contributed by atoms with E-state index in [-0.39, 0.29) is 0 Å². The molecule has 2 heteroatoms. The normalized spacial score (nSPS) is 30.7. The number of likely N-dealkylation sites (N-methyl/N-ethyl adjacent to an activating group) is 2. The fourth-order valence-electron chi connectivity index (χ4n) is 3.59. The van der Waals surface area contributed by atoms with Gasteiger partial charge in [-0.1, -0.05) is 20.3 Å². The molecule has 2 nitrogen and oxygen atoms in total. The maximum Gasteiger partial charge on any atom is 0.0223 e. The first-order valence-corrected chi connectivity index (χ1v) is 8.18. The number of nitrogens with one attached hydrogen (secondary N) is 1. The summed E-state index contributed by atoms with van der Waals surface area (Å²) in [4.78, 5) is 2.65. The van der Waals surface area contributed by atoms with E-state index in [1.165, 1.54) is 51.5 Å². The Morgan fingerprint density at radius 1 is 1.06 bits per heavy atom. The summed E-state index contributed by atoms with van der Waals surface area (Å²) in [6.45, 7) is 6.97. The molecular formula is C16H32N2. The van der Waals surface area contributed by atoms with Crippen LogP contribution in [0.15, 0.2) is 0 Å². The van der Waals surface area contributed by atoms with Gasteiger partial charge in [-0.15, -0.1) is 0 Å². The molecule has 2 aliphatic rings. The van der Waals surface area contributed by atoms with Crippen LogP contribution in [0.1, 0.15) is 58.8 Å². The van der Waals surface area contributed by atoms with E-state index in [9.17, 15) is 0 Å². The summed E-state index contributed by atoms with van der Waals surface area (Å²) in [5, 5.41) is 3.69. The second-order valence-corrected chi connectivity index (χ2v) is 6.52. The van der Waals surface area contributed by atoms with Gasteiger partial charge in [-0.3, -0.25) is 0 Å². The molecule has 2 fully saturated rings. The predicted molar refractivity (Wildman–Crippen MR) is 78.9 cm³/mol. The van der Waals surface area contributed by atoms with Crippen molar-refractivity contribution in [3.63, 3.8) is 0 Å². The molecule has 2 saturated carbocycles. The van der Waals surface area contributed by atoms with Crippen LogP contribution in [0.4, 0.5) is 0 Å². The molecule has 0 radical (unpaired) electrons. The van der Waals surface area contributed by atoms with E-state index >= 15 is 0 Å². The van der Waals surface area contributed by atoms with Gasteiger partial charge in [0.15, 0.2) is 0 Å². The molecule has 0 aliphatic heterocycles. The fraction of sp³-hybridized carbons (Fsp3) is 1.00. The average Bonchev–Trinajstić information content (AvgIpc) is 3.22. The third kappa shape index (κ3) is 3.96. The van der Waals surface area contributed by atoms with Gasteiger partial charge in [-0.25, -0.2) is 0 Å². The van der Waals surface area contributed by atoms with Gasteiger partial charge < -0.3 is 10.2 Å². The zero-order valence-corrected chi connectivity index (χ0v) is 12.6. The monoisotopic (exact) mass is 252 g/mol. The molecule has 0 heterocycles. The first kappa shape index (κ1) is 14.3. The van der Waals surface area contributed by atoms with E-state index in [2.05, 4.69) is 31.1 Å². The van der Waals surface area contributed by atoms with Gasteiger partial charge in [0.2, 0.25) is 0 Å². The first-order valence-electron chi connectivity index (χ1n) is 8.18. The predicted octanol–water partition coefficient (Wildman–Crippen LogP) is 3.28. The minimum atomic E-state index is 0.754. The van der Waals surface area contributed by atoms with Gasteiger partial charge in [-0.05, 0) is 64.0 Å². The third-order valence-corrected chi connectivity index (χ3v) is 5.16. The SMILES string of the molecule is CCNC(CN(C)C1CCC(CC)CC1)C1CC1. The molecule has 1 unspecified atom stereocenters. The van der Waals surface area contributed by atoms with Gasteiger partial charge in [0.05, 0.1) is 0 Å². The largest absolute Gasteiger partial charge is 0.313 e. The van der Waals surface area contributed by atoms with Gasteiger partial charge in [-0.2, -0.15) is 0 Å². The average molecular weight is 252 g/mol. The van der Waals surface area contributed by atoms with Crippen molar-refractivity contribution in [2.75, 3.05) is 20.1 Å². The van der Waals surface area contributed by atoms with Gasteiger partial charge >= 0.3 is 0 Å². The van der Waals surface area contributed by atoms with Crippen molar-refractivity contribution in [2.45, 2.75) is 70.9 Å². The smallest absolute Gasteiger partial charge is 0.0223 e. The van der Waals surface area contributed by atoms with Crippen LogP contribution in [-0.2, 0) is 0 Å². The second kappa shape index (κ2) is 6.91. The summed E-state index contributed by atoms with van der Waals surface area (Å²) >= 11 is 0. The van der Waals surface area contributed by atoms with E-state index in [0.29, 0.717) is 0 Å². The summed E-state index contributed by atoms with van der Waals surface area (Å²) in [7, 11) is 2.35. The number of nitrogens with zero attached hydrogens (tertiary/aromatic N) is 1. The number of hydrogen-bond acceptors (Lipinski definition) is 2. The van der Waals surface area contributed by atoms with Crippen molar-refractivity contribution >= 4 is 0 Å². The first-order chi connectivity index (χ1) is 8.74. The van der Waals surface area contributed by atoms with Crippen molar-refractivity contribution in [2.24, 2.45) is 11.8 Å². The Kier molecular flexibility index (Phi) is 5.50. The molecule has 1 N–H and O–H groups in total. The van der Waals surface area contributed by atoms with Crippen LogP contribution in [0.25, 0.3) is 0 Å². The topological polar surface area (TPSA) is 15.3 Å². The van der Waals surface area contributed by atoms with Crippen molar-refractivity contribution < 1.29 is 0 Å². The van der Waals surface area contributed by atoms with Gasteiger partial charge in [0.1, 0.15) is 0 Å². The maximum absolute atomic E-state index is 3.69. The van der Waals surface area contributed by atoms with Crippen molar-refractivity contribution in [1.29, 1.82) is 0 Å². The lowest BCUT2D eigenvalue weighted by Crippen LogP contribution is -2.45. The summed E-state index contributed by atoms with van der Waals surface area (Å²) in [6, 6.07) is 1.61. The summed E-state index contributed by atoms with van der Waals surface area (Å²) < 4.78 is 0. The lowest BCUT2D eigenvalue weighted by Gasteiger charge is -2.36. The van der Waals surface area contributed by atoms with Crippen LogP contribution < -0.4 is 5.32 Å². The van der Waals surface area contributed by atoms with E-state index in [1.54, 1.807) is 0 Å². The highest BCUT2D eigenvalue weighted by Gasteiger charge is 2.33. The summed E-state index contributed by atoms with van der Waals surface area (Å²) in [5.41, 5.74) is 0. The Bertz CT molecular complexity index is 229. The Morgan fingerprint density at radius 3 is 2.22 bits per heavy atom. The highest BCUT2D eigenvalue weighted by atomic mass is 15.2. The van der Waals surface area contributed by atoms with E-state index in [1.807, 2.05) is 0 Å². The molecule has 18 heavy (non-hydrogen) atoms. The molecule has 0 aromatic rings. The molecule has 0 amide bonds. The molecule has 0 saturated heterocycles. The number of rotatable bonds is 7. The molecule has 2 rings (SSSR count). The molecule has 1 atom stereocenters. The van der Waals surface area contributed by atoms with Crippen LogP contribution in [0.2, 0.25) is 0 Å². The van der Waals surface area contributed by atoms with Crippen LogP contribution in [0.3, 0.4) is 0 Å². The maximum atomic E-state index is 3.69. The van der Waals surface area contributed by atoms with Crippen LogP contribution in [0, 0.1) is 11.8 Å². The highest BCUT2D eigenvalue weighted by molar-refractivity contribution is 4.89. The summed E-state index contributed by atoms with van der Waals surface area (Å²) in [5.74, 6) is 1.99.